The second kappa shape index (κ2) is 6.07. The van der Waals surface area contributed by atoms with Crippen LogP contribution >= 0.6 is 0 Å². The molecule has 0 radical (unpaired) electrons. The van der Waals surface area contributed by atoms with Crippen molar-refractivity contribution in [2.24, 2.45) is 5.41 Å². The number of aliphatic carboxylic acids is 1. The summed E-state index contributed by atoms with van der Waals surface area (Å²) in [5.41, 5.74) is -0.131. The summed E-state index contributed by atoms with van der Waals surface area (Å²) < 4.78 is 0. The Morgan fingerprint density at radius 3 is 2.70 bits per heavy atom. The molecule has 0 aliphatic carbocycles. The van der Waals surface area contributed by atoms with Crippen LogP contribution in [0.25, 0.3) is 10.9 Å². The minimum Gasteiger partial charge on any atom is -0.481 e. The summed E-state index contributed by atoms with van der Waals surface area (Å²) in [5, 5.41) is 23.0. The van der Waals surface area contributed by atoms with Crippen LogP contribution in [-0.4, -0.2) is 33.4 Å². The number of rotatable bonds is 6. The number of non-ortho nitro benzene ring substituents is 1. The van der Waals surface area contributed by atoms with E-state index < -0.39 is 22.2 Å². The lowest BCUT2D eigenvalue weighted by molar-refractivity contribution is -0.384. The first kappa shape index (κ1) is 16.5. The molecule has 1 aromatic heterocycles. The van der Waals surface area contributed by atoms with Crippen LogP contribution in [0.15, 0.2) is 24.4 Å². The highest BCUT2D eigenvalue weighted by molar-refractivity contribution is 6.07. The standard InChI is InChI=1S/C15H17N3O5/c1-15(2,14(20)21)5-6-16-13(19)11-8-17-12-4-3-9(18(22)23)7-10(11)12/h3-4,7-8,17H,5-6H2,1-2H3,(H,16,19)(H,20,21). The molecule has 1 heterocycles. The van der Waals surface area contributed by atoms with E-state index >= 15 is 0 Å². The van der Waals surface area contributed by atoms with Crippen molar-refractivity contribution < 1.29 is 19.6 Å². The van der Waals surface area contributed by atoms with Crippen LogP contribution in [0, 0.1) is 15.5 Å². The summed E-state index contributed by atoms with van der Waals surface area (Å²) in [7, 11) is 0. The van der Waals surface area contributed by atoms with E-state index in [2.05, 4.69) is 10.3 Å². The van der Waals surface area contributed by atoms with E-state index in [1.54, 1.807) is 13.8 Å². The van der Waals surface area contributed by atoms with Crippen LogP contribution in [0.1, 0.15) is 30.6 Å². The number of carboxylic acids is 1. The Balaban J connectivity index is 2.14. The second-order valence-corrected chi connectivity index (χ2v) is 5.88. The van der Waals surface area contributed by atoms with Gasteiger partial charge in [0.25, 0.3) is 11.6 Å². The summed E-state index contributed by atoms with van der Waals surface area (Å²) in [4.78, 5) is 36.4. The molecule has 0 saturated carbocycles. The molecule has 0 aliphatic heterocycles. The molecule has 0 spiro atoms. The minimum atomic E-state index is -0.938. The van der Waals surface area contributed by atoms with Gasteiger partial charge in [0.15, 0.2) is 0 Å². The van der Waals surface area contributed by atoms with Gasteiger partial charge in [0.05, 0.1) is 15.9 Å². The third-order valence-electron chi connectivity index (χ3n) is 3.74. The molecule has 2 rings (SSSR count). The monoisotopic (exact) mass is 319 g/mol. The third-order valence-corrected chi connectivity index (χ3v) is 3.74. The molecule has 8 heteroatoms. The smallest absolute Gasteiger partial charge is 0.309 e. The van der Waals surface area contributed by atoms with Crippen molar-refractivity contribution in [1.82, 2.24) is 10.3 Å². The number of aromatic nitrogens is 1. The van der Waals surface area contributed by atoms with Crippen molar-refractivity contribution in [2.75, 3.05) is 6.54 Å². The molecule has 23 heavy (non-hydrogen) atoms. The number of fused-ring (bicyclic) bond motifs is 1. The molecule has 0 bridgehead atoms. The predicted octanol–water partition coefficient (Wildman–Crippen LogP) is 2.31. The average Bonchev–Trinajstić information content (AvgIpc) is 2.89. The molecule has 0 aliphatic rings. The van der Waals surface area contributed by atoms with Gasteiger partial charge in [-0.05, 0) is 26.3 Å². The number of benzene rings is 1. The second-order valence-electron chi connectivity index (χ2n) is 5.88. The normalized spacial score (nSPS) is 11.4. The first-order chi connectivity index (χ1) is 10.7. The fourth-order valence-corrected chi connectivity index (χ4v) is 2.10. The van der Waals surface area contributed by atoms with Gasteiger partial charge in [-0.3, -0.25) is 19.7 Å². The Labute approximate surface area is 131 Å². The molecular weight excluding hydrogens is 302 g/mol. The van der Waals surface area contributed by atoms with Crippen LogP contribution in [0.2, 0.25) is 0 Å². The highest BCUT2D eigenvalue weighted by Crippen LogP contribution is 2.24. The molecule has 0 fully saturated rings. The van der Waals surface area contributed by atoms with Crippen LogP contribution < -0.4 is 5.32 Å². The molecule has 2 aromatic rings. The number of aromatic amines is 1. The van der Waals surface area contributed by atoms with Gasteiger partial charge in [0, 0.05) is 35.8 Å². The number of carbonyl (C=O) groups excluding carboxylic acids is 1. The van der Waals surface area contributed by atoms with Crippen LogP contribution in [0.4, 0.5) is 5.69 Å². The Morgan fingerprint density at radius 2 is 2.09 bits per heavy atom. The van der Waals surface area contributed by atoms with Crippen molar-refractivity contribution in [2.45, 2.75) is 20.3 Å². The van der Waals surface area contributed by atoms with Gasteiger partial charge in [0.1, 0.15) is 0 Å². The molecule has 122 valence electrons. The van der Waals surface area contributed by atoms with Gasteiger partial charge >= 0.3 is 5.97 Å². The number of hydrogen-bond donors (Lipinski definition) is 3. The van der Waals surface area contributed by atoms with Crippen LogP contribution in [-0.2, 0) is 4.79 Å². The lowest BCUT2D eigenvalue weighted by Gasteiger charge is -2.18. The topological polar surface area (TPSA) is 125 Å². The number of H-pyrrole nitrogens is 1. The number of nitrogens with zero attached hydrogens (tertiary/aromatic N) is 1. The lowest BCUT2D eigenvalue weighted by Crippen LogP contribution is -2.31. The third kappa shape index (κ3) is 3.47. The number of nitro groups is 1. The quantitative estimate of drug-likeness (QED) is 0.556. The molecule has 3 N–H and O–H groups in total. The molecule has 0 saturated heterocycles. The van der Waals surface area contributed by atoms with Crippen molar-refractivity contribution in [3.05, 3.63) is 40.1 Å². The predicted molar refractivity (Wildman–Crippen MR) is 83.3 cm³/mol. The molecule has 0 unspecified atom stereocenters. The zero-order chi connectivity index (χ0) is 17.2. The summed E-state index contributed by atoms with van der Waals surface area (Å²) in [6.45, 7) is 3.35. The van der Waals surface area contributed by atoms with E-state index in [0.29, 0.717) is 10.9 Å². The Kier molecular flexibility index (Phi) is 4.35. The Morgan fingerprint density at radius 1 is 1.39 bits per heavy atom. The van der Waals surface area contributed by atoms with Gasteiger partial charge in [-0.1, -0.05) is 0 Å². The average molecular weight is 319 g/mol. The summed E-state index contributed by atoms with van der Waals surface area (Å²) in [6, 6.07) is 4.23. The number of carbonyl (C=O) groups is 2. The molecule has 1 aromatic carbocycles. The van der Waals surface area contributed by atoms with E-state index in [0.717, 1.165) is 0 Å². The summed E-state index contributed by atoms with van der Waals surface area (Å²) in [5.74, 6) is -1.34. The van der Waals surface area contributed by atoms with Crippen LogP contribution in [0.5, 0.6) is 0 Å². The minimum absolute atomic E-state index is 0.0989. The highest BCUT2D eigenvalue weighted by Gasteiger charge is 2.26. The number of nitrogens with one attached hydrogen (secondary N) is 2. The largest absolute Gasteiger partial charge is 0.481 e. The first-order valence-corrected chi connectivity index (χ1v) is 6.99. The Bertz CT molecular complexity index is 779. The molecule has 1 amide bonds. The van der Waals surface area contributed by atoms with E-state index in [-0.39, 0.29) is 24.2 Å². The van der Waals surface area contributed by atoms with E-state index in [4.69, 9.17) is 5.11 Å². The zero-order valence-electron chi connectivity index (χ0n) is 12.8. The van der Waals surface area contributed by atoms with Gasteiger partial charge in [-0.2, -0.15) is 0 Å². The number of nitro benzene ring substituents is 1. The highest BCUT2D eigenvalue weighted by atomic mass is 16.6. The van der Waals surface area contributed by atoms with E-state index in [1.165, 1.54) is 24.4 Å². The fraction of sp³-hybridized carbons (Fsp3) is 0.333. The van der Waals surface area contributed by atoms with Gasteiger partial charge in [-0.15, -0.1) is 0 Å². The number of carboxylic acid groups (broad SMARTS) is 1. The van der Waals surface area contributed by atoms with Crippen molar-refractivity contribution in [1.29, 1.82) is 0 Å². The summed E-state index contributed by atoms with van der Waals surface area (Å²) >= 11 is 0. The molecule has 8 nitrogen and oxygen atoms in total. The molecular formula is C15H17N3O5. The molecule has 0 atom stereocenters. The number of hydrogen-bond acceptors (Lipinski definition) is 4. The first-order valence-electron chi connectivity index (χ1n) is 6.99. The SMILES string of the molecule is CC(C)(CCNC(=O)c1c[nH]c2ccc([N+](=O)[O-])cc12)C(=O)O. The van der Waals surface area contributed by atoms with Crippen molar-refractivity contribution in [3.63, 3.8) is 0 Å². The van der Waals surface area contributed by atoms with E-state index in [9.17, 15) is 19.7 Å². The van der Waals surface area contributed by atoms with Crippen molar-refractivity contribution >= 4 is 28.5 Å². The zero-order valence-corrected chi connectivity index (χ0v) is 12.8. The number of amides is 1. The maximum Gasteiger partial charge on any atom is 0.309 e. The van der Waals surface area contributed by atoms with Gasteiger partial charge in [-0.25, -0.2) is 0 Å². The fourth-order valence-electron chi connectivity index (χ4n) is 2.10. The lowest BCUT2D eigenvalue weighted by atomic mass is 9.90. The van der Waals surface area contributed by atoms with Crippen molar-refractivity contribution in [3.8, 4) is 0 Å². The summed E-state index contributed by atoms with van der Waals surface area (Å²) in [6.07, 6.45) is 1.75. The Hall–Kier alpha value is -2.90. The van der Waals surface area contributed by atoms with Gasteiger partial charge < -0.3 is 15.4 Å². The van der Waals surface area contributed by atoms with E-state index in [1.807, 2.05) is 0 Å². The maximum atomic E-state index is 12.2. The maximum absolute atomic E-state index is 12.2. The van der Waals surface area contributed by atoms with Gasteiger partial charge in [0.2, 0.25) is 0 Å². The van der Waals surface area contributed by atoms with Crippen LogP contribution in [0.3, 0.4) is 0 Å².